The summed E-state index contributed by atoms with van der Waals surface area (Å²) in [5.41, 5.74) is 1.87. The van der Waals surface area contributed by atoms with Crippen molar-refractivity contribution in [2.45, 2.75) is 12.5 Å². The van der Waals surface area contributed by atoms with Crippen LogP contribution in [0, 0.1) is 0 Å². The third kappa shape index (κ3) is 2.60. The van der Waals surface area contributed by atoms with Gasteiger partial charge in [0.05, 0.1) is 13.2 Å². The molecule has 1 aromatic carbocycles. The van der Waals surface area contributed by atoms with Gasteiger partial charge < -0.3 is 20.3 Å². The number of benzene rings is 1. The van der Waals surface area contributed by atoms with Crippen molar-refractivity contribution in [2.75, 3.05) is 31.6 Å². The summed E-state index contributed by atoms with van der Waals surface area (Å²) >= 11 is 0. The number of morpholine rings is 1. The highest BCUT2D eigenvalue weighted by Crippen LogP contribution is 2.21. The van der Waals surface area contributed by atoms with Gasteiger partial charge in [0.15, 0.2) is 0 Å². The molecule has 0 saturated carbocycles. The number of fused-ring (bicyclic) bond motifs is 1. The molecule has 3 rings (SSSR count). The van der Waals surface area contributed by atoms with E-state index >= 15 is 0 Å². The van der Waals surface area contributed by atoms with Crippen LogP contribution >= 0.6 is 0 Å². The Labute approximate surface area is 117 Å². The van der Waals surface area contributed by atoms with Crippen LogP contribution in [-0.4, -0.2) is 49.2 Å². The Kier molecular flexibility index (Phi) is 3.56. The monoisotopic (exact) mass is 275 g/mol. The average Bonchev–Trinajstić information content (AvgIpc) is 2.49. The predicted molar refractivity (Wildman–Crippen MR) is 73.5 cm³/mol. The minimum Gasteiger partial charge on any atom is -0.378 e. The molecular weight excluding hydrogens is 258 g/mol. The van der Waals surface area contributed by atoms with Crippen molar-refractivity contribution in [2.24, 2.45) is 0 Å². The molecule has 1 fully saturated rings. The lowest BCUT2D eigenvalue weighted by molar-refractivity contribution is -0.118. The largest absolute Gasteiger partial charge is 0.378 e. The third-order valence-electron chi connectivity index (χ3n) is 3.61. The molecular formula is C14H17N3O3. The smallest absolute Gasteiger partial charge is 0.318 e. The fourth-order valence-corrected chi connectivity index (χ4v) is 2.48. The van der Waals surface area contributed by atoms with Gasteiger partial charge in [-0.3, -0.25) is 4.79 Å². The average molecular weight is 275 g/mol. The minimum absolute atomic E-state index is 0.162. The number of hydrogen-bond donors (Lipinski definition) is 2. The standard InChI is InChI=1S/C14H17N3O3/c18-13-12(9-10-3-1-2-4-11(10)15-13)16-14(19)17-5-7-20-8-6-17/h1-4,12H,5-9H2,(H,15,18)(H,16,19). The highest BCUT2D eigenvalue weighted by molar-refractivity contribution is 5.99. The second-order valence-electron chi connectivity index (χ2n) is 4.95. The van der Waals surface area contributed by atoms with Crippen molar-refractivity contribution in [1.82, 2.24) is 10.2 Å². The van der Waals surface area contributed by atoms with Crippen molar-refractivity contribution in [1.29, 1.82) is 0 Å². The first kappa shape index (κ1) is 12.9. The molecule has 1 saturated heterocycles. The summed E-state index contributed by atoms with van der Waals surface area (Å²) in [5.74, 6) is -0.162. The van der Waals surface area contributed by atoms with Gasteiger partial charge in [-0.15, -0.1) is 0 Å². The van der Waals surface area contributed by atoms with Crippen LogP contribution in [0.5, 0.6) is 0 Å². The van der Waals surface area contributed by atoms with E-state index in [1.54, 1.807) is 4.90 Å². The van der Waals surface area contributed by atoms with Gasteiger partial charge in [-0.2, -0.15) is 0 Å². The van der Waals surface area contributed by atoms with Gasteiger partial charge in [-0.1, -0.05) is 18.2 Å². The highest BCUT2D eigenvalue weighted by Gasteiger charge is 2.29. The lowest BCUT2D eigenvalue weighted by Gasteiger charge is -2.30. The molecule has 1 atom stereocenters. The Morgan fingerprint density at radius 1 is 1.30 bits per heavy atom. The molecule has 20 heavy (non-hydrogen) atoms. The maximum absolute atomic E-state index is 12.1. The van der Waals surface area contributed by atoms with Gasteiger partial charge in [0.1, 0.15) is 6.04 Å². The Morgan fingerprint density at radius 3 is 2.85 bits per heavy atom. The number of carbonyl (C=O) groups is 2. The third-order valence-corrected chi connectivity index (χ3v) is 3.61. The van der Waals surface area contributed by atoms with Crippen molar-refractivity contribution in [3.63, 3.8) is 0 Å². The van der Waals surface area contributed by atoms with Crippen molar-refractivity contribution < 1.29 is 14.3 Å². The van der Waals surface area contributed by atoms with Gasteiger partial charge >= 0.3 is 6.03 Å². The highest BCUT2D eigenvalue weighted by atomic mass is 16.5. The number of carbonyl (C=O) groups excluding carboxylic acids is 2. The molecule has 0 aromatic heterocycles. The van der Waals surface area contributed by atoms with Gasteiger partial charge in [0.25, 0.3) is 0 Å². The fourth-order valence-electron chi connectivity index (χ4n) is 2.48. The summed E-state index contributed by atoms with van der Waals surface area (Å²) in [6.45, 7) is 2.23. The first-order valence-electron chi connectivity index (χ1n) is 6.76. The maximum Gasteiger partial charge on any atom is 0.318 e. The predicted octanol–water partition coefficient (Wildman–Crippen LogP) is 0.592. The molecule has 0 spiro atoms. The van der Waals surface area contributed by atoms with Gasteiger partial charge in [0.2, 0.25) is 5.91 Å². The minimum atomic E-state index is -0.514. The van der Waals surface area contributed by atoms with Crippen LogP contribution < -0.4 is 10.6 Å². The number of hydrogen-bond acceptors (Lipinski definition) is 3. The number of nitrogens with one attached hydrogen (secondary N) is 2. The molecule has 3 amide bonds. The van der Waals surface area contributed by atoms with Crippen LogP contribution in [0.15, 0.2) is 24.3 Å². The molecule has 0 bridgehead atoms. The Morgan fingerprint density at radius 2 is 2.05 bits per heavy atom. The van der Waals surface area contributed by atoms with Crippen LogP contribution in [0.3, 0.4) is 0 Å². The topological polar surface area (TPSA) is 70.7 Å². The first-order chi connectivity index (χ1) is 9.74. The van der Waals surface area contributed by atoms with Crippen LogP contribution in [0.1, 0.15) is 5.56 Å². The van der Waals surface area contributed by atoms with E-state index in [1.165, 1.54) is 0 Å². The van der Waals surface area contributed by atoms with E-state index in [0.717, 1.165) is 11.3 Å². The molecule has 2 aliphatic heterocycles. The van der Waals surface area contributed by atoms with E-state index in [0.29, 0.717) is 32.7 Å². The lowest BCUT2D eigenvalue weighted by atomic mass is 9.99. The van der Waals surface area contributed by atoms with E-state index in [9.17, 15) is 9.59 Å². The normalized spacial score (nSPS) is 21.9. The summed E-state index contributed by atoms with van der Waals surface area (Å²) in [5, 5.41) is 5.62. The van der Waals surface area contributed by atoms with Crippen LogP contribution in [0.4, 0.5) is 10.5 Å². The van der Waals surface area contributed by atoms with Gasteiger partial charge in [0, 0.05) is 25.2 Å². The van der Waals surface area contributed by atoms with Gasteiger partial charge in [-0.25, -0.2) is 4.79 Å². The summed E-state index contributed by atoms with van der Waals surface area (Å²) in [6.07, 6.45) is 0.526. The lowest BCUT2D eigenvalue weighted by Crippen LogP contribution is -2.54. The number of anilines is 1. The van der Waals surface area contributed by atoms with E-state index in [-0.39, 0.29) is 11.9 Å². The second kappa shape index (κ2) is 5.50. The van der Waals surface area contributed by atoms with E-state index in [2.05, 4.69) is 10.6 Å². The molecule has 2 aliphatic rings. The number of urea groups is 1. The van der Waals surface area contributed by atoms with Crippen LogP contribution in [0.25, 0.3) is 0 Å². The number of para-hydroxylation sites is 1. The number of ether oxygens (including phenoxy) is 1. The van der Waals surface area contributed by atoms with E-state index < -0.39 is 6.04 Å². The van der Waals surface area contributed by atoms with Crippen molar-refractivity contribution in [3.8, 4) is 0 Å². The number of nitrogens with zero attached hydrogens (tertiary/aromatic N) is 1. The van der Waals surface area contributed by atoms with E-state index in [4.69, 9.17) is 4.74 Å². The number of rotatable bonds is 1. The Hall–Kier alpha value is -2.08. The molecule has 1 aromatic rings. The fraction of sp³-hybridized carbons (Fsp3) is 0.429. The molecule has 6 heteroatoms. The Bertz CT molecular complexity index is 526. The number of amides is 3. The maximum atomic E-state index is 12.1. The van der Waals surface area contributed by atoms with Crippen molar-refractivity contribution in [3.05, 3.63) is 29.8 Å². The summed E-state index contributed by atoms with van der Waals surface area (Å²) in [7, 11) is 0. The van der Waals surface area contributed by atoms with E-state index in [1.807, 2.05) is 24.3 Å². The Balaban J connectivity index is 1.66. The summed E-state index contributed by atoms with van der Waals surface area (Å²) in [6, 6.07) is 6.92. The zero-order chi connectivity index (χ0) is 13.9. The summed E-state index contributed by atoms with van der Waals surface area (Å²) in [4.78, 5) is 25.8. The quantitative estimate of drug-likeness (QED) is 0.788. The summed E-state index contributed by atoms with van der Waals surface area (Å²) < 4.78 is 5.21. The zero-order valence-electron chi connectivity index (χ0n) is 11.1. The van der Waals surface area contributed by atoms with Crippen LogP contribution in [0.2, 0.25) is 0 Å². The molecule has 0 aliphatic carbocycles. The molecule has 1 unspecified atom stereocenters. The SMILES string of the molecule is O=C1Nc2ccccc2CC1NC(=O)N1CCOCC1. The second-order valence-corrected chi connectivity index (χ2v) is 4.95. The van der Waals surface area contributed by atoms with Crippen LogP contribution in [-0.2, 0) is 16.0 Å². The molecule has 2 heterocycles. The van der Waals surface area contributed by atoms with Gasteiger partial charge in [-0.05, 0) is 11.6 Å². The molecule has 6 nitrogen and oxygen atoms in total. The van der Waals surface area contributed by atoms with Crippen molar-refractivity contribution >= 4 is 17.6 Å². The molecule has 0 radical (unpaired) electrons. The molecule has 106 valence electrons. The first-order valence-corrected chi connectivity index (χ1v) is 6.76. The molecule has 2 N–H and O–H groups in total. The zero-order valence-corrected chi connectivity index (χ0v) is 11.1.